The monoisotopic (exact) mass is 275 g/mol. The van der Waals surface area contributed by atoms with Crippen LogP contribution >= 0.6 is 15.9 Å². The molecule has 0 saturated heterocycles. The highest BCUT2D eigenvalue weighted by Gasteiger charge is 2.24. The molecule has 1 atom stereocenters. The summed E-state index contributed by atoms with van der Waals surface area (Å²) >= 11 is 3.44. The van der Waals surface area contributed by atoms with Crippen LogP contribution in [0.5, 0.6) is 0 Å². The standard InChI is InChI=1S/C12H22BrNO/c1-3-11(13)12(15)14(2)10-8-6-4-5-7-9-10/h10-11H,3-9H2,1-2H3. The molecule has 1 saturated carbocycles. The number of nitrogens with zero attached hydrogens (tertiary/aromatic N) is 1. The van der Waals surface area contributed by atoms with Gasteiger partial charge >= 0.3 is 0 Å². The van der Waals surface area contributed by atoms with Crippen LogP contribution in [-0.4, -0.2) is 28.7 Å². The van der Waals surface area contributed by atoms with Crippen molar-refractivity contribution in [3.63, 3.8) is 0 Å². The molecule has 0 aromatic carbocycles. The van der Waals surface area contributed by atoms with Gasteiger partial charge in [-0.05, 0) is 19.3 Å². The average Bonchev–Trinajstić information content (AvgIpc) is 2.54. The van der Waals surface area contributed by atoms with Gasteiger partial charge < -0.3 is 4.90 Å². The quantitative estimate of drug-likeness (QED) is 0.572. The molecule has 2 nitrogen and oxygen atoms in total. The zero-order valence-corrected chi connectivity index (χ0v) is 11.4. The van der Waals surface area contributed by atoms with E-state index in [2.05, 4.69) is 15.9 Å². The fourth-order valence-corrected chi connectivity index (χ4v) is 2.54. The Bertz CT molecular complexity index is 200. The van der Waals surface area contributed by atoms with Crippen LogP contribution in [0.15, 0.2) is 0 Å². The summed E-state index contributed by atoms with van der Waals surface area (Å²) in [7, 11) is 1.96. The summed E-state index contributed by atoms with van der Waals surface area (Å²) in [5.74, 6) is 0.254. The molecule has 0 aliphatic heterocycles. The van der Waals surface area contributed by atoms with Gasteiger partial charge in [0.2, 0.25) is 5.91 Å². The topological polar surface area (TPSA) is 20.3 Å². The predicted octanol–water partition coefficient (Wildman–Crippen LogP) is 3.34. The fourth-order valence-electron chi connectivity index (χ4n) is 2.22. The molecule has 1 amide bonds. The number of alkyl halides is 1. The second-order valence-corrected chi connectivity index (χ2v) is 5.58. The van der Waals surface area contributed by atoms with E-state index in [1.54, 1.807) is 0 Å². The van der Waals surface area contributed by atoms with E-state index < -0.39 is 0 Å². The summed E-state index contributed by atoms with van der Waals surface area (Å²) in [6, 6.07) is 0.478. The van der Waals surface area contributed by atoms with E-state index in [1.807, 2.05) is 18.9 Å². The van der Waals surface area contributed by atoms with Crippen molar-refractivity contribution in [3.05, 3.63) is 0 Å². The molecule has 1 fully saturated rings. The largest absolute Gasteiger partial charge is 0.342 e. The van der Waals surface area contributed by atoms with Crippen molar-refractivity contribution in [1.82, 2.24) is 4.90 Å². The van der Waals surface area contributed by atoms with Crippen molar-refractivity contribution in [2.75, 3.05) is 7.05 Å². The van der Waals surface area contributed by atoms with Gasteiger partial charge in [0, 0.05) is 13.1 Å². The average molecular weight is 276 g/mol. The summed E-state index contributed by atoms with van der Waals surface area (Å²) in [6.45, 7) is 2.04. The lowest BCUT2D eigenvalue weighted by atomic mass is 10.1. The first-order valence-corrected chi connectivity index (χ1v) is 6.99. The van der Waals surface area contributed by atoms with Crippen LogP contribution < -0.4 is 0 Å². The summed E-state index contributed by atoms with van der Waals surface area (Å²) in [4.78, 5) is 13.9. The molecule has 0 spiro atoms. The molecule has 0 aromatic heterocycles. The van der Waals surface area contributed by atoms with Crippen molar-refractivity contribution >= 4 is 21.8 Å². The lowest BCUT2D eigenvalue weighted by Crippen LogP contribution is -2.40. The minimum Gasteiger partial charge on any atom is -0.342 e. The minimum absolute atomic E-state index is 0.00533. The van der Waals surface area contributed by atoms with Crippen LogP contribution in [0.2, 0.25) is 0 Å². The van der Waals surface area contributed by atoms with Crippen LogP contribution in [0.4, 0.5) is 0 Å². The first kappa shape index (κ1) is 13.0. The molecule has 0 radical (unpaired) electrons. The zero-order valence-electron chi connectivity index (χ0n) is 9.84. The molecule has 1 aliphatic rings. The van der Waals surface area contributed by atoms with Gasteiger partial charge in [-0.25, -0.2) is 0 Å². The first-order valence-electron chi connectivity index (χ1n) is 6.07. The molecular formula is C12H22BrNO. The number of rotatable bonds is 3. The van der Waals surface area contributed by atoms with Gasteiger partial charge in [0.1, 0.15) is 0 Å². The van der Waals surface area contributed by atoms with Gasteiger partial charge in [-0.15, -0.1) is 0 Å². The number of hydrogen-bond acceptors (Lipinski definition) is 1. The summed E-state index contributed by atoms with van der Waals surface area (Å²) < 4.78 is 0. The minimum atomic E-state index is 0.00533. The summed E-state index contributed by atoms with van der Waals surface area (Å²) in [5, 5.41) is 0. The van der Waals surface area contributed by atoms with Crippen molar-refractivity contribution in [2.24, 2.45) is 0 Å². The maximum atomic E-state index is 12.0. The Labute approximate surface area is 102 Å². The van der Waals surface area contributed by atoms with E-state index in [4.69, 9.17) is 0 Å². The van der Waals surface area contributed by atoms with Gasteiger partial charge in [0.25, 0.3) is 0 Å². The van der Waals surface area contributed by atoms with Gasteiger partial charge in [0.15, 0.2) is 0 Å². The Hall–Kier alpha value is -0.0500. The lowest BCUT2D eigenvalue weighted by molar-refractivity contribution is -0.131. The van der Waals surface area contributed by atoms with E-state index in [1.165, 1.54) is 38.5 Å². The molecule has 0 N–H and O–H groups in total. The van der Waals surface area contributed by atoms with Crippen LogP contribution in [-0.2, 0) is 4.79 Å². The lowest BCUT2D eigenvalue weighted by Gasteiger charge is -2.28. The van der Waals surface area contributed by atoms with E-state index in [-0.39, 0.29) is 10.7 Å². The predicted molar refractivity (Wildman–Crippen MR) is 67.3 cm³/mol. The van der Waals surface area contributed by atoms with Crippen LogP contribution in [0.1, 0.15) is 51.9 Å². The highest BCUT2D eigenvalue weighted by molar-refractivity contribution is 9.10. The Morgan fingerprint density at radius 3 is 2.33 bits per heavy atom. The van der Waals surface area contributed by atoms with E-state index in [0.717, 1.165) is 6.42 Å². The second kappa shape index (κ2) is 6.51. The van der Waals surface area contributed by atoms with Crippen molar-refractivity contribution in [2.45, 2.75) is 62.7 Å². The maximum absolute atomic E-state index is 12.0. The normalized spacial score (nSPS) is 20.7. The van der Waals surface area contributed by atoms with E-state index in [9.17, 15) is 4.79 Å². The maximum Gasteiger partial charge on any atom is 0.236 e. The molecule has 1 unspecified atom stereocenters. The number of carbonyl (C=O) groups excluding carboxylic acids is 1. The molecule has 3 heteroatoms. The number of amides is 1. The SMILES string of the molecule is CCC(Br)C(=O)N(C)C1CCCCCC1. The van der Waals surface area contributed by atoms with E-state index >= 15 is 0 Å². The molecule has 88 valence electrons. The first-order chi connectivity index (χ1) is 7.16. The van der Waals surface area contributed by atoms with Crippen molar-refractivity contribution < 1.29 is 4.79 Å². The van der Waals surface area contributed by atoms with Crippen LogP contribution in [0.3, 0.4) is 0 Å². The summed E-state index contributed by atoms with van der Waals surface area (Å²) in [5.41, 5.74) is 0. The highest BCUT2D eigenvalue weighted by Crippen LogP contribution is 2.22. The fraction of sp³-hybridized carbons (Fsp3) is 0.917. The van der Waals surface area contributed by atoms with Crippen LogP contribution in [0, 0.1) is 0 Å². The van der Waals surface area contributed by atoms with Gasteiger partial charge in [-0.1, -0.05) is 48.5 Å². The third-order valence-corrected chi connectivity index (χ3v) is 4.39. The molecule has 0 bridgehead atoms. The molecular weight excluding hydrogens is 254 g/mol. The Balaban J connectivity index is 2.49. The summed E-state index contributed by atoms with van der Waals surface area (Å²) in [6.07, 6.45) is 8.48. The Kier molecular flexibility index (Phi) is 5.65. The molecule has 15 heavy (non-hydrogen) atoms. The Morgan fingerprint density at radius 1 is 1.33 bits per heavy atom. The van der Waals surface area contributed by atoms with Crippen molar-refractivity contribution in [3.8, 4) is 0 Å². The van der Waals surface area contributed by atoms with Gasteiger partial charge in [-0.2, -0.15) is 0 Å². The highest BCUT2D eigenvalue weighted by atomic mass is 79.9. The molecule has 0 aromatic rings. The third kappa shape index (κ3) is 3.78. The van der Waals surface area contributed by atoms with Crippen molar-refractivity contribution in [1.29, 1.82) is 0 Å². The molecule has 0 heterocycles. The number of hydrogen-bond donors (Lipinski definition) is 0. The van der Waals surface area contributed by atoms with Crippen LogP contribution in [0.25, 0.3) is 0 Å². The Morgan fingerprint density at radius 2 is 1.87 bits per heavy atom. The number of halogens is 1. The molecule has 1 aliphatic carbocycles. The second-order valence-electron chi connectivity index (χ2n) is 4.47. The zero-order chi connectivity index (χ0) is 11.3. The third-order valence-electron chi connectivity index (χ3n) is 3.35. The van der Waals surface area contributed by atoms with E-state index in [0.29, 0.717) is 6.04 Å². The smallest absolute Gasteiger partial charge is 0.236 e. The number of carbonyl (C=O) groups is 1. The van der Waals surface area contributed by atoms with Gasteiger partial charge in [-0.3, -0.25) is 4.79 Å². The van der Waals surface area contributed by atoms with Gasteiger partial charge in [0.05, 0.1) is 4.83 Å². The molecule has 1 rings (SSSR count).